The summed E-state index contributed by atoms with van der Waals surface area (Å²) in [5.41, 5.74) is 1.05. The summed E-state index contributed by atoms with van der Waals surface area (Å²) < 4.78 is 7.28. The number of hydrogen-bond acceptors (Lipinski definition) is 3. The van der Waals surface area contributed by atoms with Crippen LogP contribution in [-0.2, 0) is 0 Å². The Balaban J connectivity index is 2.32. The van der Waals surface area contributed by atoms with Crippen LogP contribution in [0.1, 0.15) is 59.3 Å². The van der Waals surface area contributed by atoms with Crippen LogP contribution in [0.15, 0.2) is 28.7 Å². The molecule has 1 heterocycles. The predicted molar refractivity (Wildman–Crippen MR) is 111 cm³/mol. The van der Waals surface area contributed by atoms with Crippen LogP contribution in [0.4, 0.5) is 0 Å². The second-order valence-corrected chi connectivity index (χ2v) is 20.3. The molecule has 0 aliphatic heterocycles. The summed E-state index contributed by atoms with van der Waals surface area (Å²) in [6.45, 7) is 6.87. The van der Waals surface area contributed by atoms with Crippen LogP contribution in [0, 0.1) is 0 Å². The standard InChI is InChI=1S/C7H4BrN4.3C4H9.Sn/c8-6-3-1-5(2-4-6)7-9-11-12-10-7;3*1-3-4-2;/h1-4H;3*1,3-4H2,2H3;/q-1;;;;+1. The number of hydrogen-bond donors (Lipinski definition) is 0. The van der Waals surface area contributed by atoms with Gasteiger partial charge in [-0.1, -0.05) is 0 Å². The van der Waals surface area contributed by atoms with Gasteiger partial charge in [0.05, 0.1) is 0 Å². The van der Waals surface area contributed by atoms with Gasteiger partial charge in [0, 0.05) is 0 Å². The maximum absolute atomic E-state index is 4.91. The first-order valence-electron chi connectivity index (χ1n) is 9.71. The van der Waals surface area contributed by atoms with Crippen molar-refractivity contribution < 1.29 is 0 Å². The second-order valence-electron chi connectivity index (χ2n) is 6.94. The minimum absolute atomic E-state index is 0.776. The maximum atomic E-state index is 4.91. The second kappa shape index (κ2) is 10.7. The van der Waals surface area contributed by atoms with Gasteiger partial charge in [0.1, 0.15) is 0 Å². The Hall–Kier alpha value is -0.431. The monoisotopic (exact) mass is 514 g/mol. The molecule has 0 unspecified atom stereocenters. The number of nitrogens with zero attached hydrogens (tertiary/aromatic N) is 4. The number of unbranched alkanes of at least 4 members (excludes halogenated alkanes) is 3. The Morgan fingerprint density at radius 3 is 1.88 bits per heavy atom. The molecule has 0 aliphatic rings. The van der Waals surface area contributed by atoms with Crippen molar-refractivity contribution in [3.63, 3.8) is 0 Å². The zero-order valence-electron chi connectivity index (χ0n) is 15.8. The summed E-state index contributed by atoms with van der Waals surface area (Å²) in [5, 5.41) is 13.9. The van der Waals surface area contributed by atoms with E-state index in [1.165, 1.54) is 51.8 Å². The topological polar surface area (TPSA) is 43.6 Å². The first-order valence-corrected chi connectivity index (χ1v) is 17.8. The summed E-state index contributed by atoms with van der Waals surface area (Å²) >= 11 is 0.858. The van der Waals surface area contributed by atoms with E-state index >= 15 is 0 Å². The van der Waals surface area contributed by atoms with Crippen molar-refractivity contribution in [2.24, 2.45) is 0 Å². The van der Waals surface area contributed by atoms with Crippen LogP contribution in [0.25, 0.3) is 11.4 Å². The average molecular weight is 514 g/mol. The van der Waals surface area contributed by atoms with Gasteiger partial charge in [-0.2, -0.15) is 0 Å². The summed E-state index contributed by atoms with van der Waals surface area (Å²) in [5.74, 6) is 0.776. The third kappa shape index (κ3) is 5.78. The van der Waals surface area contributed by atoms with Gasteiger partial charge in [-0.15, -0.1) is 0 Å². The van der Waals surface area contributed by atoms with E-state index < -0.39 is 18.7 Å². The minimum atomic E-state index is -2.63. The van der Waals surface area contributed by atoms with Gasteiger partial charge in [-0.3, -0.25) is 0 Å². The molecule has 0 saturated carbocycles. The van der Waals surface area contributed by atoms with Crippen LogP contribution in [0.3, 0.4) is 0 Å². The third-order valence-corrected chi connectivity index (χ3v) is 19.4. The summed E-state index contributed by atoms with van der Waals surface area (Å²) in [4.78, 5) is 0. The van der Waals surface area contributed by atoms with Crippen LogP contribution in [0.5, 0.6) is 0 Å². The molecule has 2 rings (SSSR count). The zero-order chi connectivity index (χ0) is 18.1. The Morgan fingerprint density at radius 1 is 0.880 bits per heavy atom. The van der Waals surface area contributed by atoms with Crippen LogP contribution >= 0.6 is 15.9 Å². The number of benzene rings is 1. The van der Waals surface area contributed by atoms with Crippen molar-refractivity contribution in [3.8, 4) is 11.4 Å². The van der Waals surface area contributed by atoms with E-state index in [4.69, 9.17) is 5.10 Å². The molecule has 138 valence electrons. The SMILES string of the molecule is CCC[CH2][Sn]([CH2]CCC)([CH2]CCC)[n]1nnc(-c2ccc(Br)cc2)n1. The predicted octanol–water partition coefficient (Wildman–Crippen LogP) is 6.30. The van der Waals surface area contributed by atoms with Gasteiger partial charge in [0.2, 0.25) is 0 Å². The average Bonchev–Trinajstić information content (AvgIpc) is 3.13. The van der Waals surface area contributed by atoms with E-state index in [0.29, 0.717) is 0 Å². The molecule has 2 aromatic rings. The van der Waals surface area contributed by atoms with Crippen LogP contribution in [0.2, 0.25) is 13.3 Å². The molecular weight excluding hydrogens is 483 g/mol. The zero-order valence-corrected chi connectivity index (χ0v) is 20.3. The summed E-state index contributed by atoms with van der Waals surface area (Å²) in [6, 6.07) is 8.20. The van der Waals surface area contributed by atoms with Crippen molar-refractivity contribution in [2.45, 2.75) is 72.6 Å². The Kier molecular flexibility index (Phi) is 8.90. The van der Waals surface area contributed by atoms with Crippen molar-refractivity contribution >= 4 is 34.6 Å². The normalized spacial score (nSPS) is 11.8. The molecule has 25 heavy (non-hydrogen) atoms. The molecule has 0 radical (unpaired) electrons. The van der Waals surface area contributed by atoms with Crippen molar-refractivity contribution in [2.75, 3.05) is 0 Å². The van der Waals surface area contributed by atoms with E-state index in [1.807, 2.05) is 12.1 Å². The van der Waals surface area contributed by atoms with E-state index in [9.17, 15) is 0 Å². The number of halogens is 1. The summed E-state index contributed by atoms with van der Waals surface area (Å²) in [6.07, 6.45) is 7.68. The molecule has 0 atom stereocenters. The molecule has 0 aliphatic carbocycles. The molecule has 0 amide bonds. The van der Waals surface area contributed by atoms with Crippen molar-refractivity contribution in [3.05, 3.63) is 28.7 Å². The summed E-state index contributed by atoms with van der Waals surface area (Å²) in [7, 11) is 0. The molecule has 0 spiro atoms. The molecule has 0 N–H and O–H groups in total. The van der Waals surface area contributed by atoms with Gasteiger partial charge >= 0.3 is 166 Å². The molecular formula is C19H31BrN4Sn. The van der Waals surface area contributed by atoms with Gasteiger partial charge in [0.25, 0.3) is 0 Å². The molecule has 0 fully saturated rings. The van der Waals surface area contributed by atoms with Crippen molar-refractivity contribution in [1.82, 2.24) is 18.4 Å². The first kappa shape index (κ1) is 20.9. The molecule has 0 bridgehead atoms. The van der Waals surface area contributed by atoms with Gasteiger partial charge in [-0.05, 0) is 0 Å². The van der Waals surface area contributed by atoms with Crippen LogP contribution in [-0.4, -0.2) is 37.1 Å². The van der Waals surface area contributed by atoms with E-state index in [-0.39, 0.29) is 0 Å². The fraction of sp³-hybridized carbons (Fsp3) is 0.632. The fourth-order valence-electron chi connectivity index (χ4n) is 3.32. The first-order chi connectivity index (χ1) is 12.1. The quantitative estimate of drug-likeness (QED) is 0.331. The number of rotatable bonds is 11. The Labute approximate surface area is 165 Å². The Morgan fingerprint density at radius 2 is 1.40 bits per heavy atom. The number of tetrazole rings is 1. The molecule has 6 heteroatoms. The third-order valence-electron chi connectivity index (χ3n) is 4.93. The van der Waals surface area contributed by atoms with Crippen LogP contribution < -0.4 is 0 Å². The fourth-order valence-corrected chi connectivity index (χ4v) is 17.6. The number of aromatic nitrogens is 4. The van der Waals surface area contributed by atoms with E-state index in [0.717, 1.165) is 15.9 Å². The molecule has 0 saturated heterocycles. The van der Waals surface area contributed by atoms with Gasteiger partial charge < -0.3 is 0 Å². The van der Waals surface area contributed by atoms with Gasteiger partial charge in [-0.25, -0.2) is 0 Å². The molecule has 1 aromatic heterocycles. The van der Waals surface area contributed by atoms with Crippen molar-refractivity contribution in [1.29, 1.82) is 0 Å². The molecule has 1 aromatic carbocycles. The van der Waals surface area contributed by atoms with E-state index in [1.54, 1.807) is 0 Å². The van der Waals surface area contributed by atoms with E-state index in [2.05, 4.69) is 62.2 Å². The Bertz CT molecular complexity index is 605. The van der Waals surface area contributed by atoms with Gasteiger partial charge in [0.15, 0.2) is 0 Å². The molecule has 4 nitrogen and oxygen atoms in total.